The van der Waals surface area contributed by atoms with Crippen molar-refractivity contribution >= 4 is 24.0 Å². The molecule has 1 amide bonds. The average Bonchev–Trinajstić information content (AvgIpc) is 3.01. The van der Waals surface area contributed by atoms with Crippen LogP contribution in [0.1, 0.15) is 31.2 Å². The summed E-state index contributed by atoms with van der Waals surface area (Å²) in [6.07, 6.45) is 4.73. The molecule has 1 aliphatic heterocycles. The molecule has 0 bridgehead atoms. The molecule has 1 aromatic carbocycles. The van der Waals surface area contributed by atoms with Crippen molar-refractivity contribution in [3.63, 3.8) is 0 Å². The first kappa shape index (κ1) is 18.4. The topological polar surface area (TPSA) is 84.3 Å². The number of amides is 1. The fourth-order valence-corrected chi connectivity index (χ4v) is 2.48. The van der Waals surface area contributed by atoms with Gasteiger partial charge in [0.2, 0.25) is 5.91 Å². The number of nitro benzene ring substituents is 1. The third-order valence-corrected chi connectivity index (χ3v) is 3.72. The molecule has 2 rings (SSSR count). The van der Waals surface area contributed by atoms with Gasteiger partial charge in [0, 0.05) is 18.7 Å². The van der Waals surface area contributed by atoms with Crippen molar-refractivity contribution in [3.05, 3.63) is 39.9 Å². The number of carbonyl (C=O) groups excluding carboxylic acids is 1. The molecule has 22 heavy (non-hydrogen) atoms. The summed E-state index contributed by atoms with van der Waals surface area (Å²) >= 11 is 0. The largest absolute Gasteiger partial charge is 0.355 e. The third-order valence-electron chi connectivity index (χ3n) is 3.72. The van der Waals surface area contributed by atoms with E-state index in [1.807, 2.05) is 0 Å². The van der Waals surface area contributed by atoms with Gasteiger partial charge in [0.25, 0.3) is 5.69 Å². The van der Waals surface area contributed by atoms with E-state index in [4.69, 9.17) is 0 Å². The van der Waals surface area contributed by atoms with Crippen LogP contribution in [0.2, 0.25) is 0 Å². The van der Waals surface area contributed by atoms with Crippen LogP contribution in [-0.2, 0) is 11.2 Å². The molecule has 1 atom stereocenters. The van der Waals surface area contributed by atoms with Crippen LogP contribution in [0, 0.1) is 10.1 Å². The van der Waals surface area contributed by atoms with Gasteiger partial charge in [0.15, 0.2) is 0 Å². The van der Waals surface area contributed by atoms with Gasteiger partial charge in [-0.15, -0.1) is 12.4 Å². The lowest BCUT2D eigenvalue weighted by Crippen LogP contribution is -2.40. The van der Waals surface area contributed by atoms with Crippen molar-refractivity contribution in [2.75, 3.05) is 13.1 Å². The van der Waals surface area contributed by atoms with E-state index in [2.05, 4.69) is 10.6 Å². The number of carbonyl (C=O) groups is 1. The summed E-state index contributed by atoms with van der Waals surface area (Å²) in [7, 11) is 0. The highest BCUT2D eigenvalue weighted by molar-refractivity contribution is 5.85. The fraction of sp³-hybridized carbons (Fsp3) is 0.533. The summed E-state index contributed by atoms with van der Waals surface area (Å²) < 4.78 is 0. The van der Waals surface area contributed by atoms with Gasteiger partial charge in [-0.25, -0.2) is 0 Å². The Morgan fingerprint density at radius 2 is 2.05 bits per heavy atom. The average molecular weight is 328 g/mol. The first-order valence-electron chi connectivity index (χ1n) is 7.41. The predicted octanol–water partition coefficient (Wildman–Crippen LogP) is 2.21. The van der Waals surface area contributed by atoms with E-state index in [1.165, 1.54) is 12.1 Å². The highest BCUT2D eigenvalue weighted by atomic mass is 35.5. The number of unbranched alkanes of at least 4 members (excludes halogenated alkanes) is 1. The van der Waals surface area contributed by atoms with Gasteiger partial charge in [-0.05, 0) is 44.2 Å². The molecule has 1 fully saturated rings. The number of hydrogen-bond acceptors (Lipinski definition) is 4. The molecule has 0 radical (unpaired) electrons. The number of rotatable bonds is 7. The van der Waals surface area contributed by atoms with Crippen molar-refractivity contribution < 1.29 is 9.72 Å². The lowest BCUT2D eigenvalue weighted by Gasteiger charge is -2.10. The Bertz CT molecular complexity index is 487. The number of nitrogens with one attached hydrogen (secondary N) is 2. The summed E-state index contributed by atoms with van der Waals surface area (Å²) in [6, 6.07) is 6.63. The Labute approximate surface area is 136 Å². The summed E-state index contributed by atoms with van der Waals surface area (Å²) in [5.74, 6) is 0.0998. The maximum atomic E-state index is 11.7. The lowest BCUT2D eigenvalue weighted by molar-refractivity contribution is -0.384. The van der Waals surface area contributed by atoms with Gasteiger partial charge < -0.3 is 10.6 Å². The Kier molecular flexibility index (Phi) is 7.84. The van der Waals surface area contributed by atoms with Crippen LogP contribution in [0.25, 0.3) is 0 Å². The minimum atomic E-state index is -0.392. The van der Waals surface area contributed by atoms with Gasteiger partial charge in [-0.1, -0.05) is 12.1 Å². The Morgan fingerprint density at radius 1 is 1.32 bits per heavy atom. The highest BCUT2D eigenvalue weighted by Crippen LogP contribution is 2.13. The van der Waals surface area contributed by atoms with E-state index in [1.54, 1.807) is 12.1 Å². The van der Waals surface area contributed by atoms with Crippen LogP contribution in [0.3, 0.4) is 0 Å². The molecule has 1 saturated heterocycles. The van der Waals surface area contributed by atoms with Gasteiger partial charge >= 0.3 is 0 Å². The predicted molar refractivity (Wildman–Crippen MR) is 87.3 cm³/mol. The molecule has 6 nitrogen and oxygen atoms in total. The van der Waals surface area contributed by atoms with Crippen LogP contribution in [0.5, 0.6) is 0 Å². The molecule has 7 heteroatoms. The fourth-order valence-electron chi connectivity index (χ4n) is 2.48. The molecular formula is C15H22ClN3O3. The van der Waals surface area contributed by atoms with E-state index in [0.29, 0.717) is 6.54 Å². The van der Waals surface area contributed by atoms with E-state index in [0.717, 1.165) is 44.2 Å². The Balaban J connectivity index is 0.00000242. The summed E-state index contributed by atoms with van der Waals surface area (Å²) in [4.78, 5) is 21.9. The molecule has 2 N–H and O–H groups in total. The highest BCUT2D eigenvalue weighted by Gasteiger charge is 2.20. The SMILES string of the molecule is Cl.O=C(NCCCCc1ccc([N+](=O)[O-])cc1)C1CCCN1. The number of hydrogen-bond donors (Lipinski definition) is 2. The van der Waals surface area contributed by atoms with Crippen molar-refractivity contribution in [2.45, 2.75) is 38.1 Å². The molecule has 122 valence electrons. The summed E-state index contributed by atoms with van der Waals surface area (Å²) in [6.45, 7) is 1.61. The zero-order valence-corrected chi connectivity index (χ0v) is 13.2. The number of nitrogens with zero attached hydrogens (tertiary/aromatic N) is 1. The minimum absolute atomic E-state index is 0. The molecule has 1 unspecified atom stereocenters. The van der Waals surface area contributed by atoms with Gasteiger partial charge in [-0.3, -0.25) is 14.9 Å². The van der Waals surface area contributed by atoms with Gasteiger partial charge in [-0.2, -0.15) is 0 Å². The second-order valence-electron chi connectivity index (χ2n) is 5.32. The zero-order valence-electron chi connectivity index (χ0n) is 12.4. The zero-order chi connectivity index (χ0) is 15.1. The van der Waals surface area contributed by atoms with E-state index in [9.17, 15) is 14.9 Å². The third kappa shape index (κ3) is 5.61. The van der Waals surface area contributed by atoms with Crippen molar-refractivity contribution in [3.8, 4) is 0 Å². The maximum Gasteiger partial charge on any atom is 0.269 e. The van der Waals surface area contributed by atoms with Crippen LogP contribution in [0.4, 0.5) is 5.69 Å². The normalized spacial score (nSPS) is 16.8. The minimum Gasteiger partial charge on any atom is -0.355 e. The summed E-state index contributed by atoms with van der Waals surface area (Å²) in [5, 5.41) is 16.7. The number of aryl methyl sites for hydroxylation is 1. The second-order valence-corrected chi connectivity index (χ2v) is 5.32. The number of non-ortho nitro benzene ring substituents is 1. The van der Waals surface area contributed by atoms with Gasteiger partial charge in [0.1, 0.15) is 0 Å². The first-order chi connectivity index (χ1) is 10.2. The van der Waals surface area contributed by atoms with E-state index < -0.39 is 4.92 Å². The van der Waals surface area contributed by atoms with Crippen molar-refractivity contribution in [1.82, 2.24) is 10.6 Å². The molecule has 1 aliphatic rings. The van der Waals surface area contributed by atoms with Crippen LogP contribution >= 0.6 is 12.4 Å². The monoisotopic (exact) mass is 327 g/mol. The molecule has 0 saturated carbocycles. The van der Waals surface area contributed by atoms with Crippen LogP contribution in [-0.4, -0.2) is 30.0 Å². The smallest absolute Gasteiger partial charge is 0.269 e. The van der Waals surface area contributed by atoms with E-state index >= 15 is 0 Å². The standard InChI is InChI=1S/C15H21N3O3.ClH/c19-15(14-5-3-11-16-14)17-10-2-1-4-12-6-8-13(9-7-12)18(20)21;/h6-9,14,16H,1-5,10-11H2,(H,17,19);1H. The molecule has 1 heterocycles. The lowest BCUT2D eigenvalue weighted by atomic mass is 10.1. The Morgan fingerprint density at radius 3 is 2.64 bits per heavy atom. The van der Waals surface area contributed by atoms with Crippen molar-refractivity contribution in [2.24, 2.45) is 0 Å². The second kappa shape index (κ2) is 9.38. The number of halogens is 1. The van der Waals surface area contributed by atoms with Crippen LogP contribution < -0.4 is 10.6 Å². The van der Waals surface area contributed by atoms with Crippen molar-refractivity contribution in [1.29, 1.82) is 0 Å². The quantitative estimate of drug-likeness (QED) is 0.457. The van der Waals surface area contributed by atoms with Crippen LogP contribution in [0.15, 0.2) is 24.3 Å². The molecular weight excluding hydrogens is 306 g/mol. The Hall–Kier alpha value is -1.66. The number of benzene rings is 1. The van der Waals surface area contributed by atoms with E-state index in [-0.39, 0.29) is 30.0 Å². The molecule has 0 aliphatic carbocycles. The number of nitro groups is 1. The van der Waals surface area contributed by atoms with Gasteiger partial charge in [0.05, 0.1) is 11.0 Å². The first-order valence-corrected chi connectivity index (χ1v) is 7.41. The molecule has 0 aromatic heterocycles. The molecule has 1 aromatic rings. The summed E-state index contributed by atoms with van der Waals surface area (Å²) in [5.41, 5.74) is 1.21. The molecule has 0 spiro atoms. The maximum absolute atomic E-state index is 11.7.